The van der Waals surface area contributed by atoms with Crippen molar-refractivity contribution in [2.75, 3.05) is 19.0 Å². The van der Waals surface area contributed by atoms with E-state index in [0.29, 0.717) is 18.7 Å². The fourth-order valence-electron chi connectivity index (χ4n) is 3.44. The molecule has 2 aromatic rings. The van der Waals surface area contributed by atoms with Crippen LogP contribution in [0.25, 0.3) is 0 Å². The maximum Gasteiger partial charge on any atom is 0.255 e. The number of carbonyl (C=O) groups is 2. The summed E-state index contributed by atoms with van der Waals surface area (Å²) in [5.41, 5.74) is 1.66. The van der Waals surface area contributed by atoms with Gasteiger partial charge in [0.1, 0.15) is 10.6 Å². The van der Waals surface area contributed by atoms with Crippen LogP contribution in [0.5, 0.6) is 5.75 Å². The first-order valence-electron chi connectivity index (χ1n) is 10.1. The summed E-state index contributed by atoms with van der Waals surface area (Å²) in [6.07, 6.45) is 1.44. The third-order valence-electron chi connectivity index (χ3n) is 4.84. The molecule has 0 saturated carbocycles. The van der Waals surface area contributed by atoms with Crippen LogP contribution in [0, 0.1) is 0 Å². The lowest BCUT2D eigenvalue weighted by Gasteiger charge is -2.16. The minimum absolute atomic E-state index is 0.0994. The Morgan fingerprint density at radius 2 is 1.97 bits per heavy atom. The van der Waals surface area contributed by atoms with Crippen LogP contribution < -0.4 is 14.8 Å². The highest BCUT2D eigenvalue weighted by Crippen LogP contribution is 2.26. The molecule has 1 aliphatic heterocycles. The number of amides is 2. The number of anilines is 1. The number of hydrogen-bond acceptors (Lipinski definition) is 5. The third-order valence-corrected chi connectivity index (χ3v) is 6.52. The second kappa shape index (κ2) is 9.49. The number of likely N-dealkylation sites (tertiary alicyclic amines) is 1. The van der Waals surface area contributed by atoms with Gasteiger partial charge in [-0.2, -0.15) is 0 Å². The van der Waals surface area contributed by atoms with E-state index in [4.69, 9.17) is 4.74 Å². The van der Waals surface area contributed by atoms with Gasteiger partial charge in [-0.3, -0.25) is 9.59 Å². The average molecular weight is 446 g/mol. The maximum absolute atomic E-state index is 12.8. The van der Waals surface area contributed by atoms with E-state index in [-0.39, 0.29) is 28.2 Å². The third kappa shape index (κ3) is 5.62. The van der Waals surface area contributed by atoms with Gasteiger partial charge < -0.3 is 15.0 Å². The molecule has 0 aliphatic carbocycles. The second-order valence-corrected chi connectivity index (χ2v) is 9.40. The molecule has 0 bridgehead atoms. The lowest BCUT2D eigenvalue weighted by Crippen LogP contribution is -2.30. The van der Waals surface area contributed by atoms with Gasteiger partial charge in [-0.1, -0.05) is 12.1 Å². The molecule has 1 fully saturated rings. The minimum Gasteiger partial charge on any atom is -0.495 e. The standard InChI is InChI=1S/C22H27N3O5S/c1-15(2)24-31(28,29)20-13-17(9-10-19(20)30-3)22(27)23-18-7-4-6-16(12-18)14-25-11-5-8-21(25)26/h4,6-7,9-10,12-13,15,24H,5,8,11,14H2,1-3H3,(H,23,27). The molecule has 2 amide bonds. The Balaban J connectivity index is 1.80. The number of nitrogens with one attached hydrogen (secondary N) is 2. The molecule has 1 heterocycles. The largest absolute Gasteiger partial charge is 0.495 e. The highest BCUT2D eigenvalue weighted by molar-refractivity contribution is 7.89. The molecule has 2 aromatic carbocycles. The fourth-order valence-corrected chi connectivity index (χ4v) is 4.89. The first-order valence-corrected chi connectivity index (χ1v) is 11.6. The highest BCUT2D eigenvalue weighted by Gasteiger charge is 2.23. The maximum atomic E-state index is 12.8. The van der Waals surface area contributed by atoms with Gasteiger partial charge in [-0.05, 0) is 56.2 Å². The van der Waals surface area contributed by atoms with Crippen LogP contribution in [-0.2, 0) is 21.4 Å². The zero-order valence-electron chi connectivity index (χ0n) is 17.8. The number of sulfonamides is 1. The molecule has 0 radical (unpaired) electrons. The van der Waals surface area contributed by atoms with Crippen molar-refractivity contribution in [1.82, 2.24) is 9.62 Å². The Morgan fingerprint density at radius 1 is 1.19 bits per heavy atom. The molecule has 0 spiro atoms. The Kier molecular flexibility index (Phi) is 6.97. The van der Waals surface area contributed by atoms with Crippen molar-refractivity contribution in [2.24, 2.45) is 0 Å². The Labute approximate surface area is 182 Å². The second-order valence-electron chi connectivity index (χ2n) is 7.71. The molecule has 0 unspecified atom stereocenters. The van der Waals surface area contributed by atoms with Gasteiger partial charge in [-0.15, -0.1) is 0 Å². The van der Waals surface area contributed by atoms with Gasteiger partial charge in [-0.25, -0.2) is 13.1 Å². The summed E-state index contributed by atoms with van der Waals surface area (Å²) in [6.45, 7) is 4.66. The molecular weight excluding hydrogens is 418 g/mol. The van der Waals surface area contributed by atoms with Crippen LogP contribution >= 0.6 is 0 Å². The van der Waals surface area contributed by atoms with Crippen molar-refractivity contribution in [3.8, 4) is 5.75 Å². The predicted octanol–water partition coefficient (Wildman–Crippen LogP) is 2.76. The predicted molar refractivity (Wildman–Crippen MR) is 117 cm³/mol. The van der Waals surface area contributed by atoms with Crippen molar-refractivity contribution in [2.45, 2.75) is 44.2 Å². The van der Waals surface area contributed by atoms with E-state index in [1.54, 1.807) is 24.8 Å². The van der Waals surface area contributed by atoms with E-state index < -0.39 is 15.9 Å². The van der Waals surface area contributed by atoms with Gasteiger partial charge in [0.15, 0.2) is 0 Å². The molecule has 8 nitrogen and oxygen atoms in total. The molecule has 1 aliphatic rings. The van der Waals surface area contributed by atoms with Gasteiger partial charge in [0.2, 0.25) is 15.9 Å². The zero-order valence-corrected chi connectivity index (χ0v) is 18.7. The minimum atomic E-state index is -3.85. The van der Waals surface area contributed by atoms with Gasteiger partial charge in [0.25, 0.3) is 5.91 Å². The number of rotatable bonds is 8. The fraction of sp³-hybridized carbons (Fsp3) is 0.364. The van der Waals surface area contributed by atoms with Crippen molar-refractivity contribution in [3.05, 3.63) is 53.6 Å². The van der Waals surface area contributed by atoms with Crippen molar-refractivity contribution >= 4 is 27.5 Å². The summed E-state index contributed by atoms with van der Waals surface area (Å²) in [5, 5.41) is 2.79. The summed E-state index contributed by atoms with van der Waals surface area (Å²) in [5.74, 6) is -0.156. The summed E-state index contributed by atoms with van der Waals surface area (Å²) >= 11 is 0. The van der Waals surface area contributed by atoms with Gasteiger partial charge in [0.05, 0.1) is 7.11 Å². The molecule has 0 atom stereocenters. The van der Waals surface area contributed by atoms with Crippen LogP contribution in [0.2, 0.25) is 0 Å². The summed E-state index contributed by atoms with van der Waals surface area (Å²) < 4.78 is 32.9. The number of carbonyl (C=O) groups excluding carboxylic acids is 2. The number of ether oxygens (including phenoxy) is 1. The highest BCUT2D eigenvalue weighted by atomic mass is 32.2. The first kappa shape index (κ1) is 22.8. The quantitative estimate of drug-likeness (QED) is 0.650. The molecule has 9 heteroatoms. The first-order chi connectivity index (χ1) is 14.7. The normalized spacial score (nSPS) is 14.2. The SMILES string of the molecule is COc1ccc(C(=O)Nc2cccc(CN3CCCC3=O)c2)cc1S(=O)(=O)NC(C)C. The molecule has 31 heavy (non-hydrogen) atoms. The number of hydrogen-bond donors (Lipinski definition) is 2. The van der Waals surface area contributed by atoms with E-state index in [1.807, 2.05) is 18.2 Å². The van der Waals surface area contributed by atoms with Crippen LogP contribution in [0.1, 0.15) is 42.6 Å². The molecular formula is C22H27N3O5S. The molecule has 2 N–H and O–H groups in total. The molecule has 1 saturated heterocycles. The monoisotopic (exact) mass is 445 g/mol. The van der Waals surface area contributed by atoms with Crippen LogP contribution in [0.15, 0.2) is 47.4 Å². The summed E-state index contributed by atoms with van der Waals surface area (Å²) in [4.78, 5) is 26.3. The van der Waals surface area contributed by atoms with Crippen molar-refractivity contribution in [1.29, 1.82) is 0 Å². The number of methoxy groups -OCH3 is 1. The molecule has 166 valence electrons. The average Bonchev–Trinajstić information content (AvgIpc) is 3.11. The topological polar surface area (TPSA) is 105 Å². The van der Waals surface area contributed by atoms with Crippen LogP contribution in [-0.4, -0.2) is 44.8 Å². The Morgan fingerprint density at radius 3 is 2.61 bits per heavy atom. The van der Waals surface area contributed by atoms with Crippen LogP contribution in [0.4, 0.5) is 5.69 Å². The lowest BCUT2D eigenvalue weighted by atomic mass is 10.1. The van der Waals surface area contributed by atoms with Crippen LogP contribution in [0.3, 0.4) is 0 Å². The number of benzene rings is 2. The number of nitrogens with zero attached hydrogens (tertiary/aromatic N) is 1. The summed E-state index contributed by atoms with van der Waals surface area (Å²) in [6, 6.07) is 11.2. The van der Waals surface area contributed by atoms with E-state index >= 15 is 0 Å². The van der Waals surface area contributed by atoms with Gasteiger partial charge >= 0.3 is 0 Å². The molecule has 3 rings (SSSR count). The smallest absolute Gasteiger partial charge is 0.255 e. The zero-order chi connectivity index (χ0) is 22.6. The van der Waals surface area contributed by atoms with Crippen molar-refractivity contribution < 1.29 is 22.7 Å². The summed E-state index contributed by atoms with van der Waals surface area (Å²) in [7, 11) is -2.47. The Hall–Kier alpha value is -2.91. The van der Waals surface area contributed by atoms with E-state index in [9.17, 15) is 18.0 Å². The van der Waals surface area contributed by atoms with E-state index in [0.717, 1.165) is 18.5 Å². The van der Waals surface area contributed by atoms with Gasteiger partial charge in [0, 0.05) is 36.8 Å². The van der Waals surface area contributed by atoms with Crippen molar-refractivity contribution in [3.63, 3.8) is 0 Å². The lowest BCUT2D eigenvalue weighted by molar-refractivity contribution is -0.128. The Bertz CT molecular complexity index is 1080. The molecule has 0 aromatic heterocycles. The van der Waals surface area contributed by atoms with E-state index in [2.05, 4.69) is 10.0 Å². The van der Waals surface area contributed by atoms with E-state index in [1.165, 1.54) is 25.3 Å².